The third-order valence-corrected chi connectivity index (χ3v) is 3.92. The van der Waals surface area contributed by atoms with E-state index >= 15 is 0 Å². The van der Waals surface area contributed by atoms with Gasteiger partial charge in [0, 0.05) is 13.1 Å². The zero-order chi connectivity index (χ0) is 19.0. The first kappa shape index (κ1) is 23.7. The van der Waals surface area contributed by atoms with Crippen molar-refractivity contribution in [1.82, 2.24) is 10.6 Å². The van der Waals surface area contributed by atoms with E-state index in [-0.39, 0.29) is 36.1 Å². The number of hydrogen-bond donors (Lipinski definition) is 2. The molecule has 4 nitrogen and oxygen atoms in total. The standard InChI is InChI=1S/C18H23F4N3O.HI/c1-2-23-17(24-8-5-13-6-9-26-10-7-13)25-12-14-3-4-15(19)11-16(14)18(20,21)22;/h3-4,6,11H,2,5,7-10,12H2,1H3,(H2,23,24,25);1H. The molecule has 1 aliphatic rings. The summed E-state index contributed by atoms with van der Waals surface area (Å²) in [7, 11) is 0. The maximum atomic E-state index is 13.2. The number of guanidine groups is 1. The van der Waals surface area contributed by atoms with Gasteiger partial charge in [-0.25, -0.2) is 9.38 Å². The van der Waals surface area contributed by atoms with Crippen molar-refractivity contribution < 1.29 is 22.3 Å². The van der Waals surface area contributed by atoms with Gasteiger partial charge in [0.15, 0.2) is 5.96 Å². The number of hydrogen-bond acceptors (Lipinski definition) is 2. The number of rotatable bonds is 6. The Morgan fingerprint density at radius 2 is 2.04 bits per heavy atom. The zero-order valence-electron chi connectivity index (χ0n) is 15.0. The summed E-state index contributed by atoms with van der Waals surface area (Å²) in [5.74, 6) is -0.488. The van der Waals surface area contributed by atoms with Crippen LogP contribution >= 0.6 is 24.0 Å². The second kappa shape index (κ2) is 11.5. The van der Waals surface area contributed by atoms with Crippen LogP contribution in [0, 0.1) is 5.82 Å². The summed E-state index contributed by atoms with van der Waals surface area (Å²) in [6, 6.07) is 2.64. The minimum Gasteiger partial charge on any atom is -0.377 e. The zero-order valence-corrected chi connectivity index (χ0v) is 17.4. The lowest BCUT2D eigenvalue weighted by Crippen LogP contribution is -2.38. The highest BCUT2D eigenvalue weighted by Gasteiger charge is 2.33. The molecule has 2 rings (SSSR count). The van der Waals surface area contributed by atoms with Gasteiger partial charge < -0.3 is 15.4 Å². The topological polar surface area (TPSA) is 45.7 Å². The maximum Gasteiger partial charge on any atom is 0.416 e. The molecule has 0 saturated carbocycles. The third-order valence-electron chi connectivity index (χ3n) is 3.92. The highest BCUT2D eigenvalue weighted by Crippen LogP contribution is 2.32. The van der Waals surface area contributed by atoms with Gasteiger partial charge in [-0.05, 0) is 37.5 Å². The summed E-state index contributed by atoms with van der Waals surface area (Å²) in [6.07, 6.45) is -0.865. The van der Waals surface area contributed by atoms with Crippen molar-refractivity contribution in [2.24, 2.45) is 4.99 Å². The van der Waals surface area contributed by atoms with Gasteiger partial charge in [-0.1, -0.05) is 17.7 Å². The van der Waals surface area contributed by atoms with Crippen LogP contribution in [-0.4, -0.2) is 32.3 Å². The fraction of sp³-hybridized carbons (Fsp3) is 0.500. The summed E-state index contributed by atoms with van der Waals surface area (Å²) >= 11 is 0. The van der Waals surface area contributed by atoms with E-state index in [1.807, 2.05) is 13.0 Å². The minimum absolute atomic E-state index is 0. The van der Waals surface area contributed by atoms with Gasteiger partial charge in [0.25, 0.3) is 0 Å². The summed E-state index contributed by atoms with van der Waals surface area (Å²) in [5.41, 5.74) is 0.227. The van der Waals surface area contributed by atoms with Gasteiger partial charge in [0.05, 0.1) is 25.3 Å². The first-order valence-electron chi connectivity index (χ1n) is 8.53. The van der Waals surface area contributed by atoms with Crippen LogP contribution in [0.15, 0.2) is 34.8 Å². The molecule has 152 valence electrons. The van der Waals surface area contributed by atoms with Gasteiger partial charge >= 0.3 is 6.18 Å². The number of alkyl halides is 3. The van der Waals surface area contributed by atoms with E-state index in [0.717, 1.165) is 25.0 Å². The van der Waals surface area contributed by atoms with Crippen LogP contribution in [0.25, 0.3) is 0 Å². The second-order valence-electron chi connectivity index (χ2n) is 5.86. The Balaban J connectivity index is 0.00000364. The molecule has 1 aliphatic heterocycles. The fourth-order valence-electron chi connectivity index (χ4n) is 2.59. The van der Waals surface area contributed by atoms with E-state index in [2.05, 4.69) is 15.6 Å². The van der Waals surface area contributed by atoms with Crippen LogP contribution in [0.2, 0.25) is 0 Å². The Morgan fingerprint density at radius 1 is 1.26 bits per heavy atom. The van der Waals surface area contributed by atoms with Crippen LogP contribution in [0.1, 0.15) is 30.9 Å². The Labute approximate surface area is 173 Å². The highest BCUT2D eigenvalue weighted by atomic mass is 127. The van der Waals surface area contributed by atoms with E-state index < -0.39 is 17.6 Å². The molecule has 0 radical (unpaired) electrons. The molecule has 2 N–H and O–H groups in total. The largest absolute Gasteiger partial charge is 0.416 e. The van der Waals surface area contributed by atoms with Crippen molar-refractivity contribution >= 4 is 29.9 Å². The fourth-order valence-corrected chi connectivity index (χ4v) is 2.59. The number of ether oxygens (including phenoxy) is 1. The molecule has 0 amide bonds. The second-order valence-corrected chi connectivity index (χ2v) is 5.86. The lowest BCUT2D eigenvalue weighted by atomic mass is 10.1. The van der Waals surface area contributed by atoms with E-state index in [1.165, 1.54) is 5.57 Å². The van der Waals surface area contributed by atoms with Gasteiger partial charge in [0.2, 0.25) is 0 Å². The van der Waals surface area contributed by atoms with Gasteiger partial charge in [0.1, 0.15) is 5.82 Å². The van der Waals surface area contributed by atoms with Crippen molar-refractivity contribution in [2.45, 2.75) is 32.5 Å². The average molecular weight is 501 g/mol. The Morgan fingerprint density at radius 3 is 2.67 bits per heavy atom. The van der Waals surface area contributed by atoms with Gasteiger partial charge in [-0.15, -0.1) is 24.0 Å². The van der Waals surface area contributed by atoms with Crippen LogP contribution in [0.5, 0.6) is 0 Å². The normalized spacial score (nSPS) is 15.0. The molecule has 9 heteroatoms. The van der Waals surface area contributed by atoms with E-state index in [9.17, 15) is 17.6 Å². The number of nitrogens with one attached hydrogen (secondary N) is 2. The SMILES string of the molecule is CCNC(=NCc1ccc(F)cc1C(F)(F)F)NCCC1=CCOCC1.I. The summed E-state index contributed by atoms with van der Waals surface area (Å²) in [4.78, 5) is 4.20. The van der Waals surface area contributed by atoms with Crippen molar-refractivity contribution in [1.29, 1.82) is 0 Å². The predicted octanol–water partition coefficient (Wildman–Crippen LogP) is 4.25. The monoisotopic (exact) mass is 501 g/mol. The Kier molecular flexibility index (Phi) is 10.1. The molecule has 0 aromatic heterocycles. The molecule has 0 aliphatic carbocycles. The smallest absolute Gasteiger partial charge is 0.377 e. The first-order valence-corrected chi connectivity index (χ1v) is 8.53. The Bertz CT molecular complexity index is 662. The molecule has 0 spiro atoms. The third kappa shape index (κ3) is 8.04. The number of aliphatic imine (C=N–C) groups is 1. The number of benzene rings is 1. The van der Waals surface area contributed by atoms with Crippen LogP contribution < -0.4 is 10.6 Å². The molecule has 1 aromatic carbocycles. The van der Waals surface area contributed by atoms with E-state index in [4.69, 9.17) is 4.74 Å². The minimum atomic E-state index is -4.62. The van der Waals surface area contributed by atoms with Gasteiger partial charge in [-0.2, -0.15) is 13.2 Å². The van der Waals surface area contributed by atoms with Crippen LogP contribution in [0.4, 0.5) is 17.6 Å². The molecular weight excluding hydrogens is 477 g/mol. The van der Waals surface area contributed by atoms with Gasteiger partial charge in [-0.3, -0.25) is 0 Å². The molecule has 0 bridgehead atoms. The number of halogens is 5. The number of nitrogens with zero attached hydrogens (tertiary/aromatic N) is 1. The van der Waals surface area contributed by atoms with Crippen molar-refractivity contribution in [3.63, 3.8) is 0 Å². The van der Waals surface area contributed by atoms with Crippen molar-refractivity contribution in [3.05, 3.63) is 46.8 Å². The van der Waals surface area contributed by atoms with E-state index in [1.54, 1.807) is 0 Å². The molecule has 0 unspecified atom stereocenters. The maximum absolute atomic E-state index is 13.2. The first-order chi connectivity index (χ1) is 12.4. The molecule has 1 aromatic rings. The Hall–Kier alpha value is -1.36. The lowest BCUT2D eigenvalue weighted by Gasteiger charge is -2.16. The van der Waals surface area contributed by atoms with Crippen molar-refractivity contribution in [3.8, 4) is 0 Å². The quantitative estimate of drug-likeness (QED) is 0.202. The van der Waals surface area contributed by atoms with Crippen LogP contribution in [0.3, 0.4) is 0 Å². The van der Waals surface area contributed by atoms with Crippen LogP contribution in [-0.2, 0) is 17.5 Å². The predicted molar refractivity (Wildman–Crippen MR) is 108 cm³/mol. The molecule has 0 atom stereocenters. The van der Waals surface area contributed by atoms with Crippen molar-refractivity contribution in [2.75, 3.05) is 26.3 Å². The summed E-state index contributed by atoms with van der Waals surface area (Å²) in [6.45, 7) is 4.21. The summed E-state index contributed by atoms with van der Waals surface area (Å²) < 4.78 is 57.6. The molecule has 1 heterocycles. The highest BCUT2D eigenvalue weighted by molar-refractivity contribution is 14.0. The molecule has 27 heavy (non-hydrogen) atoms. The molecule has 0 fully saturated rings. The molecule has 0 saturated heterocycles. The van der Waals surface area contributed by atoms with E-state index in [0.29, 0.717) is 38.3 Å². The summed E-state index contributed by atoms with van der Waals surface area (Å²) in [5, 5.41) is 6.11. The molecular formula is C18H24F4IN3O. The lowest BCUT2D eigenvalue weighted by molar-refractivity contribution is -0.138. The average Bonchev–Trinajstić information content (AvgIpc) is 2.60.